The van der Waals surface area contributed by atoms with E-state index in [1.54, 1.807) is 0 Å². The van der Waals surface area contributed by atoms with Crippen LogP contribution in [0.5, 0.6) is 0 Å². The van der Waals surface area contributed by atoms with Gasteiger partial charge in [-0.25, -0.2) is 9.97 Å². The van der Waals surface area contributed by atoms with Crippen molar-refractivity contribution in [2.45, 2.75) is 44.8 Å². The molecule has 2 aliphatic heterocycles. The van der Waals surface area contributed by atoms with Gasteiger partial charge in [0.1, 0.15) is 5.82 Å². The first kappa shape index (κ1) is 14.2. The number of aromatic nitrogens is 3. The van der Waals surface area contributed by atoms with E-state index < -0.39 is 0 Å². The summed E-state index contributed by atoms with van der Waals surface area (Å²) in [7, 11) is 2.14. The minimum absolute atomic E-state index is 0.485. The molecule has 0 radical (unpaired) electrons. The molecule has 3 aromatic rings. The monoisotopic (exact) mass is 318 g/mol. The molecule has 2 bridgehead atoms. The highest BCUT2D eigenvalue weighted by Gasteiger charge is 2.40. The lowest BCUT2D eigenvalue weighted by Crippen LogP contribution is -2.37. The molecular weight excluding hydrogens is 296 g/mol. The Bertz CT molecular complexity index is 927. The maximum Gasteiger partial charge on any atom is 0.125 e. The maximum atomic E-state index is 4.71. The Morgan fingerprint density at radius 3 is 3.00 bits per heavy atom. The van der Waals surface area contributed by atoms with Crippen molar-refractivity contribution in [2.75, 3.05) is 0 Å². The first-order valence-corrected chi connectivity index (χ1v) is 8.82. The summed E-state index contributed by atoms with van der Waals surface area (Å²) in [6.45, 7) is 3.01. The third-order valence-electron chi connectivity index (χ3n) is 5.78. The molecule has 24 heavy (non-hydrogen) atoms. The molecule has 4 heteroatoms. The van der Waals surface area contributed by atoms with Crippen LogP contribution in [0.25, 0.3) is 10.9 Å². The quantitative estimate of drug-likeness (QED) is 0.725. The molecule has 5 rings (SSSR count). The van der Waals surface area contributed by atoms with Gasteiger partial charge >= 0.3 is 0 Å². The number of aryl methyl sites for hydroxylation is 2. The van der Waals surface area contributed by atoms with Gasteiger partial charge in [0.05, 0.1) is 5.69 Å². The van der Waals surface area contributed by atoms with E-state index in [0.29, 0.717) is 12.1 Å². The summed E-state index contributed by atoms with van der Waals surface area (Å²) in [5, 5.41) is 1.38. The van der Waals surface area contributed by atoms with Crippen molar-refractivity contribution >= 4 is 10.9 Å². The predicted octanol–water partition coefficient (Wildman–Crippen LogP) is 3.54. The van der Waals surface area contributed by atoms with Crippen LogP contribution in [0.4, 0.5) is 0 Å². The van der Waals surface area contributed by atoms with Crippen LogP contribution in [0, 0.1) is 6.92 Å². The highest BCUT2D eigenvalue weighted by molar-refractivity contribution is 5.83. The van der Waals surface area contributed by atoms with Crippen molar-refractivity contribution < 1.29 is 0 Å². The fraction of sp³-hybridized carbons (Fsp3) is 0.400. The van der Waals surface area contributed by atoms with Crippen molar-refractivity contribution in [3.05, 3.63) is 59.3 Å². The second kappa shape index (κ2) is 5.15. The van der Waals surface area contributed by atoms with Gasteiger partial charge in [0.2, 0.25) is 0 Å². The summed E-state index contributed by atoms with van der Waals surface area (Å²) in [6, 6.07) is 9.82. The topological polar surface area (TPSA) is 34.0 Å². The summed E-state index contributed by atoms with van der Waals surface area (Å²) >= 11 is 0. The standard InChI is InChI=1S/C20H22N4/c1-13-21-10-17-18(22-13)9-15-7-8-20(17)24(15)12-14-11-23(2)19-6-4-3-5-16(14)19/h3-6,10-11,15,20H,7-9,12H2,1-2H3/t15-,20+/m0/s1. The van der Waals surface area contributed by atoms with Crippen LogP contribution >= 0.6 is 0 Å². The third-order valence-corrected chi connectivity index (χ3v) is 5.78. The molecule has 2 aliphatic rings. The Kier molecular flexibility index (Phi) is 3.04. The van der Waals surface area contributed by atoms with Gasteiger partial charge < -0.3 is 4.57 Å². The fourth-order valence-corrected chi connectivity index (χ4v) is 4.67. The number of rotatable bonds is 2. The van der Waals surface area contributed by atoms with Crippen molar-refractivity contribution in [1.29, 1.82) is 0 Å². The summed E-state index contributed by atoms with van der Waals surface area (Å²) < 4.78 is 2.25. The van der Waals surface area contributed by atoms with Crippen molar-refractivity contribution in [3.8, 4) is 0 Å². The molecule has 0 saturated carbocycles. The van der Waals surface area contributed by atoms with E-state index in [1.807, 2.05) is 6.92 Å². The number of hydrogen-bond donors (Lipinski definition) is 0. The molecule has 2 aromatic heterocycles. The highest BCUT2D eigenvalue weighted by Crippen LogP contribution is 2.44. The van der Waals surface area contributed by atoms with Gasteiger partial charge in [-0.05, 0) is 31.4 Å². The van der Waals surface area contributed by atoms with E-state index >= 15 is 0 Å². The molecule has 1 saturated heterocycles. The van der Waals surface area contributed by atoms with Crippen LogP contribution in [0.15, 0.2) is 36.7 Å². The largest absolute Gasteiger partial charge is 0.350 e. The SMILES string of the molecule is Cc1ncc2c(n1)C[C@@H]1CC[C@H]2N1Cc1cn(C)c2ccccc12. The second-order valence-corrected chi connectivity index (χ2v) is 7.23. The predicted molar refractivity (Wildman–Crippen MR) is 94.7 cm³/mol. The van der Waals surface area contributed by atoms with Gasteiger partial charge in [0, 0.05) is 61.0 Å². The van der Waals surface area contributed by atoms with E-state index in [0.717, 1.165) is 18.8 Å². The Labute approximate surface area is 142 Å². The normalized spacial score (nSPS) is 22.9. The van der Waals surface area contributed by atoms with Crippen LogP contribution in [0.3, 0.4) is 0 Å². The van der Waals surface area contributed by atoms with Gasteiger partial charge in [0.15, 0.2) is 0 Å². The minimum atomic E-state index is 0.485. The average Bonchev–Trinajstić information content (AvgIpc) is 3.04. The van der Waals surface area contributed by atoms with Crippen molar-refractivity contribution in [2.24, 2.45) is 7.05 Å². The molecule has 0 spiro atoms. The fourth-order valence-electron chi connectivity index (χ4n) is 4.67. The lowest BCUT2D eigenvalue weighted by atomic mass is 9.98. The van der Waals surface area contributed by atoms with Crippen LogP contribution in [-0.4, -0.2) is 25.5 Å². The number of hydrogen-bond acceptors (Lipinski definition) is 3. The van der Waals surface area contributed by atoms with E-state index in [4.69, 9.17) is 4.98 Å². The van der Waals surface area contributed by atoms with E-state index in [1.165, 1.54) is 40.6 Å². The number of benzene rings is 1. The number of fused-ring (bicyclic) bond motifs is 5. The van der Waals surface area contributed by atoms with Gasteiger partial charge in [0.25, 0.3) is 0 Å². The molecule has 0 amide bonds. The lowest BCUT2D eigenvalue weighted by molar-refractivity contribution is 0.166. The maximum absolute atomic E-state index is 4.71. The molecule has 0 unspecified atom stereocenters. The van der Waals surface area contributed by atoms with Crippen molar-refractivity contribution in [1.82, 2.24) is 19.4 Å². The van der Waals surface area contributed by atoms with Crippen LogP contribution < -0.4 is 0 Å². The number of para-hydroxylation sites is 1. The zero-order valence-corrected chi connectivity index (χ0v) is 14.2. The van der Waals surface area contributed by atoms with E-state index in [9.17, 15) is 0 Å². The zero-order valence-electron chi connectivity index (χ0n) is 14.2. The molecule has 1 fully saturated rings. The molecule has 4 heterocycles. The Morgan fingerprint density at radius 1 is 1.21 bits per heavy atom. The summed E-state index contributed by atoms with van der Waals surface area (Å²) in [5.74, 6) is 0.899. The third kappa shape index (κ3) is 2.02. The van der Waals surface area contributed by atoms with Gasteiger partial charge in [-0.2, -0.15) is 0 Å². The van der Waals surface area contributed by atoms with Crippen LogP contribution in [0.2, 0.25) is 0 Å². The molecule has 2 atom stereocenters. The molecule has 122 valence electrons. The Morgan fingerprint density at radius 2 is 2.08 bits per heavy atom. The highest BCUT2D eigenvalue weighted by atomic mass is 15.2. The number of nitrogens with zero attached hydrogens (tertiary/aromatic N) is 4. The van der Waals surface area contributed by atoms with Crippen molar-refractivity contribution in [3.63, 3.8) is 0 Å². The summed E-state index contributed by atoms with van der Waals surface area (Å²) in [6.07, 6.45) is 7.94. The first-order chi connectivity index (χ1) is 11.7. The van der Waals surface area contributed by atoms with Crippen LogP contribution in [-0.2, 0) is 20.0 Å². The van der Waals surface area contributed by atoms with Gasteiger partial charge in [-0.3, -0.25) is 4.90 Å². The summed E-state index contributed by atoms with van der Waals surface area (Å²) in [4.78, 5) is 11.9. The summed E-state index contributed by atoms with van der Waals surface area (Å²) in [5.41, 5.74) is 5.39. The molecule has 1 aromatic carbocycles. The smallest absolute Gasteiger partial charge is 0.125 e. The lowest BCUT2D eigenvalue weighted by Gasteiger charge is -2.35. The van der Waals surface area contributed by atoms with Gasteiger partial charge in [-0.15, -0.1) is 0 Å². The van der Waals surface area contributed by atoms with E-state index in [2.05, 4.69) is 58.2 Å². The first-order valence-electron chi connectivity index (χ1n) is 8.82. The molecule has 0 aliphatic carbocycles. The van der Waals surface area contributed by atoms with Crippen LogP contribution in [0.1, 0.15) is 41.5 Å². The van der Waals surface area contributed by atoms with E-state index in [-0.39, 0.29) is 0 Å². The zero-order chi connectivity index (χ0) is 16.3. The molecular formula is C20H22N4. The van der Waals surface area contributed by atoms with Gasteiger partial charge in [-0.1, -0.05) is 18.2 Å². The average molecular weight is 318 g/mol. The molecule has 0 N–H and O–H groups in total. The molecule has 4 nitrogen and oxygen atoms in total. The Balaban J connectivity index is 1.53. The second-order valence-electron chi connectivity index (χ2n) is 7.23. The minimum Gasteiger partial charge on any atom is -0.350 e. The Hall–Kier alpha value is -2.20.